The first-order valence-corrected chi connectivity index (χ1v) is 8.54. The van der Waals surface area contributed by atoms with Crippen LogP contribution in [0, 0.1) is 6.92 Å². The molecule has 1 aromatic carbocycles. The van der Waals surface area contributed by atoms with Crippen molar-refractivity contribution in [3.8, 4) is 11.3 Å². The zero-order valence-electron chi connectivity index (χ0n) is 13.8. The fourth-order valence-corrected chi connectivity index (χ4v) is 3.11. The highest BCUT2D eigenvalue weighted by Gasteiger charge is 2.33. The second-order valence-corrected chi connectivity index (χ2v) is 6.74. The molecule has 1 aliphatic carbocycles. The molecule has 0 aliphatic heterocycles. The summed E-state index contributed by atoms with van der Waals surface area (Å²) in [6.45, 7) is 4.02. The number of hydrogen-bond donors (Lipinski definition) is 1. The van der Waals surface area contributed by atoms with Crippen LogP contribution >= 0.6 is 11.6 Å². The van der Waals surface area contributed by atoms with Gasteiger partial charge in [-0.05, 0) is 51.0 Å². The van der Waals surface area contributed by atoms with Crippen LogP contribution in [0.3, 0.4) is 0 Å². The maximum absolute atomic E-state index is 11.4. The third-order valence-electron chi connectivity index (χ3n) is 4.66. The fraction of sp³-hybridized carbons (Fsp3) is 0.444. The van der Waals surface area contributed by atoms with Crippen LogP contribution in [0.4, 0.5) is 0 Å². The lowest BCUT2D eigenvalue weighted by atomic mass is 9.90. The van der Waals surface area contributed by atoms with Crippen LogP contribution in [0.25, 0.3) is 11.3 Å². The molecule has 24 heavy (non-hydrogen) atoms. The van der Waals surface area contributed by atoms with Crippen molar-refractivity contribution in [1.82, 2.24) is 9.88 Å². The summed E-state index contributed by atoms with van der Waals surface area (Å²) in [5.74, 6) is 0.443. The van der Waals surface area contributed by atoms with Gasteiger partial charge < -0.3 is 9.52 Å². The maximum Gasteiger partial charge on any atom is 0.320 e. The largest absolute Gasteiger partial charge is 0.480 e. The van der Waals surface area contributed by atoms with Crippen LogP contribution in [-0.4, -0.2) is 33.0 Å². The summed E-state index contributed by atoms with van der Waals surface area (Å²) in [6.07, 6.45) is 3.21. The third kappa shape index (κ3) is 3.47. The van der Waals surface area contributed by atoms with Crippen LogP contribution in [0.1, 0.15) is 37.8 Å². The molecule has 0 radical (unpaired) electrons. The SMILES string of the molecule is Cc1nc(CN(C2CCC2)C(C)C(=O)O)oc1-c1ccc(Cl)cc1. The van der Waals surface area contributed by atoms with Crippen LogP contribution in [-0.2, 0) is 11.3 Å². The Bertz CT molecular complexity index is 722. The van der Waals surface area contributed by atoms with E-state index in [1.807, 2.05) is 36.1 Å². The van der Waals surface area contributed by atoms with Gasteiger partial charge in [-0.15, -0.1) is 0 Å². The summed E-state index contributed by atoms with van der Waals surface area (Å²) in [4.78, 5) is 17.9. The van der Waals surface area contributed by atoms with E-state index >= 15 is 0 Å². The van der Waals surface area contributed by atoms with Gasteiger partial charge in [0.2, 0.25) is 5.89 Å². The van der Waals surface area contributed by atoms with Crippen molar-refractivity contribution in [3.63, 3.8) is 0 Å². The second-order valence-electron chi connectivity index (χ2n) is 6.30. The molecule has 0 bridgehead atoms. The molecule has 1 aliphatic rings. The van der Waals surface area contributed by atoms with Gasteiger partial charge in [0, 0.05) is 16.6 Å². The molecule has 1 saturated carbocycles. The number of carboxylic acids is 1. The Kier molecular flexibility index (Phi) is 4.92. The van der Waals surface area contributed by atoms with E-state index in [2.05, 4.69) is 4.98 Å². The van der Waals surface area contributed by atoms with E-state index in [1.165, 1.54) is 0 Å². The summed E-state index contributed by atoms with van der Waals surface area (Å²) in [7, 11) is 0. The molecular weight excluding hydrogens is 328 g/mol. The maximum atomic E-state index is 11.4. The Morgan fingerprint density at radius 2 is 2.08 bits per heavy atom. The lowest BCUT2D eigenvalue weighted by molar-refractivity contribution is -0.144. The van der Waals surface area contributed by atoms with Crippen LogP contribution in [0.5, 0.6) is 0 Å². The van der Waals surface area contributed by atoms with Crippen molar-refractivity contribution in [1.29, 1.82) is 0 Å². The average Bonchev–Trinajstić information content (AvgIpc) is 2.85. The van der Waals surface area contributed by atoms with Crippen LogP contribution in [0.15, 0.2) is 28.7 Å². The molecule has 128 valence electrons. The highest BCUT2D eigenvalue weighted by atomic mass is 35.5. The first-order valence-electron chi connectivity index (χ1n) is 8.16. The Labute approximate surface area is 146 Å². The minimum absolute atomic E-state index is 0.294. The molecule has 1 aromatic heterocycles. The number of nitrogens with zero attached hydrogens (tertiary/aromatic N) is 2. The number of aliphatic carboxylic acids is 1. The number of carbonyl (C=O) groups is 1. The van der Waals surface area contributed by atoms with Crippen molar-refractivity contribution < 1.29 is 14.3 Å². The van der Waals surface area contributed by atoms with Gasteiger partial charge in [0.15, 0.2) is 5.76 Å². The zero-order chi connectivity index (χ0) is 17.3. The summed E-state index contributed by atoms with van der Waals surface area (Å²) >= 11 is 5.93. The topological polar surface area (TPSA) is 66.6 Å². The molecule has 6 heteroatoms. The van der Waals surface area contributed by atoms with Gasteiger partial charge in [0.05, 0.1) is 12.2 Å². The number of carboxylic acid groups (broad SMARTS) is 1. The second kappa shape index (κ2) is 6.95. The Hall–Kier alpha value is -1.85. The Morgan fingerprint density at radius 1 is 1.42 bits per heavy atom. The molecule has 0 spiro atoms. The highest BCUT2D eigenvalue weighted by Crippen LogP contribution is 2.30. The fourth-order valence-electron chi connectivity index (χ4n) is 2.99. The molecule has 3 rings (SSSR count). The van der Waals surface area contributed by atoms with Crippen molar-refractivity contribution >= 4 is 17.6 Å². The minimum atomic E-state index is -0.817. The monoisotopic (exact) mass is 348 g/mol. The van der Waals surface area contributed by atoms with E-state index in [1.54, 1.807) is 6.92 Å². The molecule has 1 N–H and O–H groups in total. The predicted octanol–water partition coefficient (Wildman–Crippen LogP) is 4.13. The molecule has 1 atom stereocenters. The highest BCUT2D eigenvalue weighted by molar-refractivity contribution is 6.30. The van der Waals surface area contributed by atoms with E-state index in [0.29, 0.717) is 29.3 Å². The normalized spacial score (nSPS) is 16.2. The lowest BCUT2D eigenvalue weighted by Crippen LogP contribution is -2.48. The molecule has 1 heterocycles. The summed E-state index contributed by atoms with van der Waals surface area (Å²) in [5, 5.41) is 10.0. The van der Waals surface area contributed by atoms with Crippen molar-refractivity contribution in [2.75, 3.05) is 0 Å². The number of benzene rings is 1. The molecule has 5 nitrogen and oxygen atoms in total. The van der Waals surface area contributed by atoms with Gasteiger partial charge in [-0.3, -0.25) is 9.69 Å². The standard InChI is InChI=1S/C18H21ClN2O3/c1-11-17(13-6-8-14(19)9-7-13)24-16(20-11)10-21(12(2)18(22)23)15-4-3-5-15/h6-9,12,15H,3-5,10H2,1-2H3,(H,22,23). The number of aromatic nitrogens is 1. The smallest absolute Gasteiger partial charge is 0.320 e. The van der Waals surface area contributed by atoms with Gasteiger partial charge in [-0.1, -0.05) is 18.0 Å². The summed E-state index contributed by atoms with van der Waals surface area (Å²) < 4.78 is 5.93. The van der Waals surface area contributed by atoms with E-state index in [-0.39, 0.29) is 0 Å². The lowest BCUT2D eigenvalue weighted by Gasteiger charge is -2.39. The quantitative estimate of drug-likeness (QED) is 0.850. The first kappa shape index (κ1) is 17.0. The van der Waals surface area contributed by atoms with E-state index in [4.69, 9.17) is 16.0 Å². The Morgan fingerprint density at radius 3 is 2.62 bits per heavy atom. The summed E-state index contributed by atoms with van der Waals surface area (Å²) in [6, 6.07) is 7.15. The molecule has 1 unspecified atom stereocenters. The molecule has 0 saturated heterocycles. The van der Waals surface area contributed by atoms with Gasteiger partial charge in [-0.25, -0.2) is 4.98 Å². The van der Waals surface area contributed by atoms with Crippen LogP contribution < -0.4 is 0 Å². The third-order valence-corrected chi connectivity index (χ3v) is 4.92. The van der Waals surface area contributed by atoms with Gasteiger partial charge in [-0.2, -0.15) is 0 Å². The van der Waals surface area contributed by atoms with Gasteiger partial charge >= 0.3 is 5.97 Å². The van der Waals surface area contributed by atoms with E-state index in [0.717, 1.165) is 30.5 Å². The van der Waals surface area contributed by atoms with Crippen molar-refractivity contribution in [2.24, 2.45) is 0 Å². The van der Waals surface area contributed by atoms with E-state index < -0.39 is 12.0 Å². The first-order chi connectivity index (χ1) is 11.5. The zero-order valence-corrected chi connectivity index (χ0v) is 14.6. The number of aryl methyl sites for hydroxylation is 1. The number of hydrogen-bond acceptors (Lipinski definition) is 4. The number of oxazole rings is 1. The average molecular weight is 349 g/mol. The summed E-state index contributed by atoms with van der Waals surface area (Å²) in [5.41, 5.74) is 1.71. The number of halogens is 1. The number of rotatable bonds is 6. The van der Waals surface area contributed by atoms with E-state index in [9.17, 15) is 9.90 Å². The van der Waals surface area contributed by atoms with Gasteiger partial charge in [0.25, 0.3) is 0 Å². The van der Waals surface area contributed by atoms with Gasteiger partial charge in [0.1, 0.15) is 6.04 Å². The molecule has 2 aromatic rings. The van der Waals surface area contributed by atoms with Crippen molar-refractivity contribution in [3.05, 3.63) is 40.9 Å². The molecular formula is C18H21ClN2O3. The molecule has 1 fully saturated rings. The molecule has 0 amide bonds. The Balaban J connectivity index is 1.82. The van der Waals surface area contributed by atoms with Crippen LogP contribution in [0.2, 0.25) is 5.02 Å². The predicted molar refractivity (Wildman–Crippen MR) is 92.0 cm³/mol. The van der Waals surface area contributed by atoms with Crippen molar-refractivity contribution in [2.45, 2.75) is 51.7 Å². The minimum Gasteiger partial charge on any atom is -0.480 e.